The number of aliphatic hydroxyl groups is 1. The summed E-state index contributed by atoms with van der Waals surface area (Å²) in [5.74, 6) is 0.879. The van der Waals surface area contributed by atoms with Crippen molar-refractivity contribution in [3.05, 3.63) is 47.8 Å². The number of nitrogens with zero attached hydrogens (tertiary/aromatic N) is 2. The third-order valence-corrected chi connectivity index (χ3v) is 3.34. The normalized spacial score (nSPS) is 19.3. The van der Waals surface area contributed by atoms with Crippen molar-refractivity contribution in [3.63, 3.8) is 0 Å². The molecule has 2 aromatic rings. The fourth-order valence-corrected chi connectivity index (χ4v) is 2.30. The summed E-state index contributed by atoms with van der Waals surface area (Å²) in [6.07, 6.45) is 3.49. The van der Waals surface area contributed by atoms with Crippen LogP contribution in [-0.4, -0.2) is 21.0 Å². The average molecular weight is 244 g/mol. The van der Waals surface area contributed by atoms with Gasteiger partial charge in [0.1, 0.15) is 18.0 Å². The monoisotopic (exact) mass is 244 g/mol. The third-order valence-electron chi connectivity index (χ3n) is 3.34. The van der Waals surface area contributed by atoms with Gasteiger partial charge in [0.15, 0.2) is 0 Å². The molecular formula is C14H16N2O2. The van der Waals surface area contributed by atoms with Crippen LogP contribution < -0.4 is 4.74 Å². The van der Waals surface area contributed by atoms with Gasteiger partial charge in [-0.15, -0.1) is 0 Å². The molecule has 1 aliphatic heterocycles. The van der Waals surface area contributed by atoms with Gasteiger partial charge in [0.2, 0.25) is 0 Å². The molecule has 2 unspecified atom stereocenters. The molecule has 2 heterocycles. The van der Waals surface area contributed by atoms with Crippen molar-refractivity contribution in [1.82, 2.24) is 9.78 Å². The van der Waals surface area contributed by atoms with E-state index in [-0.39, 0.29) is 6.10 Å². The SMILES string of the molecule is CCn1cc(C(O)C2Cc3ccccc3O2)cn1. The second kappa shape index (κ2) is 4.46. The molecule has 1 N–H and O–H groups in total. The number of aryl methyl sites for hydroxylation is 1. The zero-order valence-electron chi connectivity index (χ0n) is 10.3. The highest BCUT2D eigenvalue weighted by atomic mass is 16.5. The summed E-state index contributed by atoms with van der Waals surface area (Å²) >= 11 is 0. The lowest BCUT2D eigenvalue weighted by molar-refractivity contribution is 0.0491. The Morgan fingerprint density at radius 2 is 2.33 bits per heavy atom. The van der Waals surface area contributed by atoms with Crippen LogP contribution in [0.3, 0.4) is 0 Å². The number of aromatic nitrogens is 2. The van der Waals surface area contributed by atoms with Gasteiger partial charge in [0.05, 0.1) is 6.20 Å². The minimum Gasteiger partial charge on any atom is -0.487 e. The summed E-state index contributed by atoms with van der Waals surface area (Å²) in [6, 6.07) is 7.92. The molecule has 4 nitrogen and oxygen atoms in total. The van der Waals surface area contributed by atoms with E-state index in [1.807, 2.05) is 37.4 Å². The molecule has 0 bridgehead atoms. The Labute approximate surface area is 106 Å². The van der Waals surface area contributed by atoms with Gasteiger partial charge in [-0.2, -0.15) is 5.10 Å². The minimum absolute atomic E-state index is 0.211. The molecule has 4 heteroatoms. The Bertz CT molecular complexity index is 525. The van der Waals surface area contributed by atoms with E-state index in [1.165, 1.54) is 0 Å². The van der Waals surface area contributed by atoms with E-state index in [1.54, 1.807) is 10.9 Å². The Kier molecular flexibility index (Phi) is 2.80. The molecule has 18 heavy (non-hydrogen) atoms. The number of hydrogen-bond acceptors (Lipinski definition) is 3. The van der Waals surface area contributed by atoms with Crippen LogP contribution in [0.15, 0.2) is 36.7 Å². The van der Waals surface area contributed by atoms with Gasteiger partial charge < -0.3 is 9.84 Å². The molecule has 0 aliphatic carbocycles. The lowest BCUT2D eigenvalue weighted by Gasteiger charge is -2.16. The number of fused-ring (bicyclic) bond motifs is 1. The van der Waals surface area contributed by atoms with E-state index in [4.69, 9.17) is 4.74 Å². The highest BCUT2D eigenvalue weighted by Crippen LogP contribution is 2.33. The highest BCUT2D eigenvalue weighted by molar-refractivity contribution is 5.38. The lowest BCUT2D eigenvalue weighted by Crippen LogP contribution is -2.22. The van der Waals surface area contributed by atoms with Crippen molar-refractivity contribution >= 4 is 0 Å². The zero-order valence-corrected chi connectivity index (χ0v) is 10.3. The summed E-state index contributed by atoms with van der Waals surface area (Å²) in [5, 5.41) is 14.5. The minimum atomic E-state index is -0.627. The average Bonchev–Trinajstić information content (AvgIpc) is 3.04. The van der Waals surface area contributed by atoms with Crippen molar-refractivity contribution in [2.75, 3.05) is 0 Å². The standard InChI is InChI=1S/C14H16N2O2/c1-2-16-9-11(8-15-16)14(17)13-7-10-5-3-4-6-12(10)18-13/h3-6,8-9,13-14,17H,2,7H2,1H3. The van der Waals surface area contributed by atoms with E-state index >= 15 is 0 Å². The number of para-hydroxylation sites is 1. The maximum absolute atomic E-state index is 10.3. The number of hydrogen-bond donors (Lipinski definition) is 1. The highest BCUT2D eigenvalue weighted by Gasteiger charge is 2.30. The molecule has 2 atom stereocenters. The molecule has 0 saturated carbocycles. The first-order valence-electron chi connectivity index (χ1n) is 6.23. The second-order valence-corrected chi connectivity index (χ2v) is 4.54. The second-order valence-electron chi connectivity index (χ2n) is 4.54. The van der Waals surface area contributed by atoms with Crippen molar-refractivity contribution in [2.45, 2.75) is 32.1 Å². The molecule has 0 fully saturated rings. The number of ether oxygens (including phenoxy) is 1. The van der Waals surface area contributed by atoms with E-state index in [0.29, 0.717) is 0 Å². The molecule has 0 saturated heterocycles. The quantitative estimate of drug-likeness (QED) is 0.897. The van der Waals surface area contributed by atoms with Crippen LogP contribution in [-0.2, 0) is 13.0 Å². The van der Waals surface area contributed by atoms with Gasteiger partial charge >= 0.3 is 0 Å². The summed E-state index contributed by atoms with van der Waals surface area (Å²) < 4.78 is 7.59. The Morgan fingerprint density at radius 3 is 3.06 bits per heavy atom. The predicted molar refractivity (Wildman–Crippen MR) is 67.4 cm³/mol. The van der Waals surface area contributed by atoms with Gasteiger partial charge in [0, 0.05) is 24.7 Å². The number of rotatable bonds is 3. The summed E-state index contributed by atoms with van der Waals surface area (Å²) in [5.41, 5.74) is 1.97. The summed E-state index contributed by atoms with van der Waals surface area (Å²) in [7, 11) is 0. The van der Waals surface area contributed by atoms with E-state index in [2.05, 4.69) is 5.10 Å². The van der Waals surface area contributed by atoms with E-state index in [0.717, 1.165) is 29.8 Å². The topological polar surface area (TPSA) is 47.3 Å². The van der Waals surface area contributed by atoms with Gasteiger partial charge in [-0.05, 0) is 18.6 Å². The van der Waals surface area contributed by atoms with E-state index in [9.17, 15) is 5.11 Å². The predicted octanol–water partition coefficient (Wildman–Crippen LogP) is 1.94. The summed E-state index contributed by atoms with van der Waals surface area (Å²) in [6.45, 7) is 2.82. The van der Waals surface area contributed by atoms with Crippen LogP contribution in [0.2, 0.25) is 0 Å². The zero-order chi connectivity index (χ0) is 12.5. The fraction of sp³-hybridized carbons (Fsp3) is 0.357. The Balaban J connectivity index is 1.77. The van der Waals surface area contributed by atoms with Gasteiger partial charge in [-0.25, -0.2) is 0 Å². The van der Waals surface area contributed by atoms with Gasteiger partial charge in [0.25, 0.3) is 0 Å². The van der Waals surface area contributed by atoms with Crippen LogP contribution >= 0.6 is 0 Å². The molecule has 0 amide bonds. The molecule has 94 valence electrons. The van der Waals surface area contributed by atoms with Crippen molar-refractivity contribution in [3.8, 4) is 5.75 Å². The fourth-order valence-electron chi connectivity index (χ4n) is 2.30. The summed E-state index contributed by atoms with van der Waals surface area (Å²) in [4.78, 5) is 0. The molecule has 3 rings (SSSR count). The molecule has 1 aromatic heterocycles. The molecular weight excluding hydrogens is 228 g/mol. The molecule has 0 spiro atoms. The van der Waals surface area contributed by atoms with Crippen LogP contribution in [0, 0.1) is 0 Å². The van der Waals surface area contributed by atoms with Crippen LogP contribution in [0.25, 0.3) is 0 Å². The van der Waals surface area contributed by atoms with Crippen molar-refractivity contribution < 1.29 is 9.84 Å². The van der Waals surface area contributed by atoms with Gasteiger partial charge in [-0.1, -0.05) is 18.2 Å². The first-order chi connectivity index (χ1) is 8.78. The first-order valence-corrected chi connectivity index (χ1v) is 6.23. The molecule has 0 radical (unpaired) electrons. The maximum Gasteiger partial charge on any atom is 0.133 e. The van der Waals surface area contributed by atoms with Crippen LogP contribution in [0.1, 0.15) is 24.2 Å². The number of aliphatic hydroxyl groups excluding tert-OH is 1. The first kappa shape index (κ1) is 11.3. The Morgan fingerprint density at radius 1 is 1.50 bits per heavy atom. The van der Waals surface area contributed by atoms with E-state index < -0.39 is 6.10 Å². The van der Waals surface area contributed by atoms with Crippen molar-refractivity contribution in [1.29, 1.82) is 0 Å². The molecule has 1 aromatic carbocycles. The largest absolute Gasteiger partial charge is 0.487 e. The maximum atomic E-state index is 10.3. The number of benzene rings is 1. The Hall–Kier alpha value is -1.81. The van der Waals surface area contributed by atoms with Crippen LogP contribution in [0.4, 0.5) is 0 Å². The van der Waals surface area contributed by atoms with Crippen LogP contribution in [0.5, 0.6) is 5.75 Å². The third kappa shape index (κ3) is 1.88. The van der Waals surface area contributed by atoms with Crippen molar-refractivity contribution in [2.24, 2.45) is 0 Å². The smallest absolute Gasteiger partial charge is 0.133 e. The van der Waals surface area contributed by atoms with Gasteiger partial charge in [-0.3, -0.25) is 4.68 Å². The molecule has 1 aliphatic rings. The lowest BCUT2D eigenvalue weighted by atomic mass is 10.0.